The zero-order chi connectivity index (χ0) is 16.1. The lowest BCUT2D eigenvalue weighted by atomic mass is 10.1. The quantitative estimate of drug-likeness (QED) is 0.748. The van der Waals surface area contributed by atoms with E-state index in [2.05, 4.69) is 25.8 Å². The highest BCUT2D eigenvalue weighted by molar-refractivity contribution is 5.56. The van der Waals surface area contributed by atoms with Crippen molar-refractivity contribution >= 4 is 17.5 Å². The lowest BCUT2D eigenvalue weighted by Crippen LogP contribution is -2.10. The van der Waals surface area contributed by atoms with Crippen molar-refractivity contribution in [3.63, 3.8) is 0 Å². The second kappa shape index (κ2) is 6.83. The van der Waals surface area contributed by atoms with Gasteiger partial charge in [0.15, 0.2) is 5.82 Å². The van der Waals surface area contributed by atoms with Crippen LogP contribution in [-0.4, -0.2) is 15.2 Å². The molecule has 0 aliphatic rings. The number of nitrogens with zero attached hydrogens (tertiary/aromatic N) is 3. The largest absolute Gasteiger partial charge is 0.346 e. The highest BCUT2D eigenvalue weighted by Crippen LogP contribution is 2.18. The van der Waals surface area contributed by atoms with Crippen LogP contribution >= 0.6 is 0 Å². The number of aromatic nitrogens is 3. The number of hydrogen-bond acceptors (Lipinski definition) is 5. The zero-order valence-electron chi connectivity index (χ0n) is 12.6. The van der Waals surface area contributed by atoms with E-state index in [1.807, 2.05) is 37.3 Å². The molecular formula is C17H16FN5. The molecular weight excluding hydrogens is 293 g/mol. The summed E-state index contributed by atoms with van der Waals surface area (Å²) in [6.07, 6.45) is 1.49. The van der Waals surface area contributed by atoms with E-state index >= 15 is 0 Å². The first kappa shape index (κ1) is 14.9. The van der Waals surface area contributed by atoms with Gasteiger partial charge in [-0.25, -0.2) is 4.39 Å². The van der Waals surface area contributed by atoms with Crippen molar-refractivity contribution < 1.29 is 4.39 Å². The van der Waals surface area contributed by atoms with E-state index in [0.29, 0.717) is 17.5 Å². The van der Waals surface area contributed by atoms with Crippen molar-refractivity contribution in [1.82, 2.24) is 15.2 Å². The monoisotopic (exact) mass is 309 g/mol. The second-order valence-electron chi connectivity index (χ2n) is 5.08. The smallest absolute Gasteiger partial charge is 0.245 e. The van der Waals surface area contributed by atoms with Crippen LogP contribution in [0.4, 0.5) is 21.8 Å². The lowest BCUT2D eigenvalue weighted by Gasteiger charge is -2.14. The molecule has 2 N–H and O–H groups in total. The summed E-state index contributed by atoms with van der Waals surface area (Å²) in [4.78, 5) is 4.34. The fourth-order valence-corrected chi connectivity index (χ4v) is 2.16. The third kappa shape index (κ3) is 4.00. The summed E-state index contributed by atoms with van der Waals surface area (Å²) in [6, 6.07) is 16.2. The average molecular weight is 309 g/mol. The molecule has 3 aromatic rings. The third-order valence-corrected chi connectivity index (χ3v) is 3.30. The van der Waals surface area contributed by atoms with Crippen LogP contribution in [0.1, 0.15) is 18.5 Å². The maximum Gasteiger partial charge on any atom is 0.245 e. The molecule has 0 saturated carbocycles. The van der Waals surface area contributed by atoms with Gasteiger partial charge in [0.25, 0.3) is 0 Å². The van der Waals surface area contributed by atoms with Crippen LogP contribution in [-0.2, 0) is 0 Å². The molecule has 0 radical (unpaired) electrons. The SMILES string of the molecule is CC(Nc1nncc(Nc2cccc(F)c2)n1)c1ccccc1. The Bertz CT molecular complexity index is 779. The maximum atomic E-state index is 13.2. The molecule has 0 aliphatic heterocycles. The molecule has 0 amide bonds. The van der Waals surface area contributed by atoms with Gasteiger partial charge in [-0.05, 0) is 30.7 Å². The molecule has 3 rings (SSSR count). The zero-order valence-corrected chi connectivity index (χ0v) is 12.6. The van der Waals surface area contributed by atoms with Crippen LogP contribution < -0.4 is 10.6 Å². The molecule has 0 fully saturated rings. The first-order valence-electron chi connectivity index (χ1n) is 7.24. The number of anilines is 3. The fourth-order valence-electron chi connectivity index (χ4n) is 2.16. The molecule has 1 heterocycles. The molecule has 1 unspecified atom stereocenters. The summed E-state index contributed by atoms with van der Waals surface area (Å²) >= 11 is 0. The van der Waals surface area contributed by atoms with Gasteiger partial charge in [-0.2, -0.15) is 10.1 Å². The molecule has 0 spiro atoms. The van der Waals surface area contributed by atoms with Gasteiger partial charge in [-0.1, -0.05) is 36.4 Å². The van der Waals surface area contributed by atoms with E-state index in [4.69, 9.17) is 0 Å². The number of halogens is 1. The van der Waals surface area contributed by atoms with E-state index in [9.17, 15) is 4.39 Å². The molecule has 5 nitrogen and oxygen atoms in total. The van der Waals surface area contributed by atoms with Gasteiger partial charge in [0.2, 0.25) is 5.95 Å². The molecule has 0 bridgehead atoms. The van der Waals surface area contributed by atoms with Crippen LogP contribution in [0.15, 0.2) is 60.8 Å². The third-order valence-electron chi connectivity index (χ3n) is 3.30. The Labute approximate surface area is 133 Å². The summed E-state index contributed by atoms with van der Waals surface area (Å²) in [6.45, 7) is 2.02. The van der Waals surface area contributed by atoms with Crippen molar-refractivity contribution in [2.45, 2.75) is 13.0 Å². The Kier molecular flexibility index (Phi) is 4.42. The van der Waals surface area contributed by atoms with Crippen molar-refractivity contribution in [2.24, 2.45) is 0 Å². The van der Waals surface area contributed by atoms with Gasteiger partial charge < -0.3 is 10.6 Å². The number of rotatable bonds is 5. The summed E-state index contributed by atoms with van der Waals surface area (Å²) in [5, 5.41) is 14.1. The van der Waals surface area contributed by atoms with E-state index in [-0.39, 0.29) is 11.9 Å². The van der Waals surface area contributed by atoms with Gasteiger partial charge in [-0.15, -0.1) is 5.10 Å². The van der Waals surface area contributed by atoms with Crippen LogP contribution in [0.3, 0.4) is 0 Å². The van der Waals surface area contributed by atoms with Crippen molar-refractivity contribution in [3.8, 4) is 0 Å². The van der Waals surface area contributed by atoms with E-state index in [1.54, 1.807) is 12.1 Å². The topological polar surface area (TPSA) is 62.7 Å². The lowest BCUT2D eigenvalue weighted by molar-refractivity contribution is 0.628. The average Bonchev–Trinajstić information content (AvgIpc) is 2.56. The summed E-state index contributed by atoms with van der Waals surface area (Å²) in [7, 11) is 0. The van der Waals surface area contributed by atoms with Crippen molar-refractivity contribution in [1.29, 1.82) is 0 Å². The van der Waals surface area contributed by atoms with E-state index in [0.717, 1.165) is 5.56 Å². The number of benzene rings is 2. The van der Waals surface area contributed by atoms with Crippen LogP contribution in [0.5, 0.6) is 0 Å². The molecule has 1 atom stereocenters. The fraction of sp³-hybridized carbons (Fsp3) is 0.118. The highest BCUT2D eigenvalue weighted by atomic mass is 19.1. The molecule has 23 heavy (non-hydrogen) atoms. The Hall–Kier alpha value is -3.02. The predicted octanol–water partition coefficient (Wildman–Crippen LogP) is 3.93. The minimum atomic E-state index is -0.312. The van der Waals surface area contributed by atoms with Gasteiger partial charge in [0.05, 0.1) is 12.2 Å². The van der Waals surface area contributed by atoms with E-state index < -0.39 is 0 Å². The number of nitrogens with one attached hydrogen (secondary N) is 2. The van der Waals surface area contributed by atoms with Crippen LogP contribution in [0, 0.1) is 5.82 Å². The van der Waals surface area contributed by atoms with Gasteiger partial charge >= 0.3 is 0 Å². The first-order valence-corrected chi connectivity index (χ1v) is 7.24. The molecule has 2 aromatic carbocycles. The number of hydrogen-bond donors (Lipinski definition) is 2. The minimum absolute atomic E-state index is 0.0439. The maximum absolute atomic E-state index is 13.2. The van der Waals surface area contributed by atoms with E-state index in [1.165, 1.54) is 18.3 Å². The molecule has 116 valence electrons. The second-order valence-corrected chi connectivity index (χ2v) is 5.08. The Morgan fingerprint density at radius 3 is 2.65 bits per heavy atom. The Balaban J connectivity index is 1.72. The normalized spacial score (nSPS) is 11.7. The summed E-state index contributed by atoms with van der Waals surface area (Å²) in [5.41, 5.74) is 1.73. The van der Waals surface area contributed by atoms with Gasteiger partial charge in [0.1, 0.15) is 5.82 Å². The van der Waals surface area contributed by atoms with Gasteiger partial charge in [0, 0.05) is 5.69 Å². The van der Waals surface area contributed by atoms with Gasteiger partial charge in [-0.3, -0.25) is 0 Å². The molecule has 0 aliphatic carbocycles. The standard InChI is InChI=1S/C17H16FN5/c1-12(13-6-3-2-4-7-13)20-17-22-16(11-19-23-17)21-15-9-5-8-14(18)10-15/h2-12H,1H3,(H2,20,21,22,23). The molecule has 0 saturated heterocycles. The Morgan fingerprint density at radius 1 is 1.04 bits per heavy atom. The molecule has 6 heteroatoms. The van der Waals surface area contributed by atoms with Crippen molar-refractivity contribution in [2.75, 3.05) is 10.6 Å². The minimum Gasteiger partial charge on any atom is -0.346 e. The van der Waals surface area contributed by atoms with Crippen molar-refractivity contribution in [3.05, 3.63) is 72.2 Å². The summed E-state index contributed by atoms with van der Waals surface area (Å²) < 4.78 is 13.2. The van der Waals surface area contributed by atoms with Crippen LogP contribution in [0.25, 0.3) is 0 Å². The van der Waals surface area contributed by atoms with Crippen LogP contribution in [0.2, 0.25) is 0 Å². The summed E-state index contributed by atoms with van der Waals surface area (Å²) in [5.74, 6) is 0.587. The Morgan fingerprint density at radius 2 is 1.87 bits per heavy atom. The highest BCUT2D eigenvalue weighted by Gasteiger charge is 2.08. The molecule has 1 aromatic heterocycles. The first-order chi connectivity index (χ1) is 11.2. The predicted molar refractivity (Wildman–Crippen MR) is 88.0 cm³/mol.